The first-order chi connectivity index (χ1) is 20.3. The second kappa shape index (κ2) is 12.8. The standard InChI is InChI=1S/C32H42N8O2/c1-5-29(41)40-18-17-38(21-25(40)14-15-33)31-26-13-12-24(39-16-8-10-23-9-6-7-11-28(23)39)20-27(26)35-32(36-31)34-22(2)19-30(42)37(3)4/h5-7,9,11,22,24-25H,1,8,10,12-14,16-21H2,2-4H3,(H,34,35,36). The molecule has 10 nitrogen and oxygen atoms in total. The van der Waals surface area contributed by atoms with Gasteiger partial charge in [-0.05, 0) is 50.3 Å². The van der Waals surface area contributed by atoms with Crippen molar-refractivity contribution in [2.75, 3.05) is 55.4 Å². The van der Waals surface area contributed by atoms with Crippen molar-refractivity contribution in [3.8, 4) is 6.07 Å². The summed E-state index contributed by atoms with van der Waals surface area (Å²) in [4.78, 5) is 43.1. The van der Waals surface area contributed by atoms with Gasteiger partial charge in [-0.1, -0.05) is 24.8 Å². The molecule has 3 atom stereocenters. The number of aromatic nitrogens is 2. The number of hydrogen-bond acceptors (Lipinski definition) is 8. The Hall–Kier alpha value is -4.13. The highest BCUT2D eigenvalue weighted by Gasteiger charge is 2.35. The molecule has 1 aromatic heterocycles. The number of hydrogen-bond donors (Lipinski definition) is 1. The minimum atomic E-state index is -0.242. The molecule has 0 spiro atoms. The number of benzene rings is 1. The molecule has 1 fully saturated rings. The fourth-order valence-corrected chi connectivity index (χ4v) is 6.56. The average molecular weight is 571 g/mol. The largest absolute Gasteiger partial charge is 0.368 e. The van der Waals surface area contributed by atoms with Crippen molar-refractivity contribution >= 4 is 29.3 Å². The zero-order valence-corrected chi connectivity index (χ0v) is 25.1. The number of carbonyl (C=O) groups is 2. The van der Waals surface area contributed by atoms with E-state index >= 15 is 0 Å². The van der Waals surface area contributed by atoms with Crippen molar-refractivity contribution in [2.45, 2.75) is 70.0 Å². The first kappa shape index (κ1) is 29.4. The van der Waals surface area contributed by atoms with Crippen LogP contribution < -0.4 is 15.1 Å². The lowest BCUT2D eigenvalue weighted by Crippen LogP contribution is -2.55. The summed E-state index contributed by atoms with van der Waals surface area (Å²) in [7, 11) is 3.52. The lowest BCUT2D eigenvalue weighted by atomic mass is 9.88. The van der Waals surface area contributed by atoms with E-state index in [9.17, 15) is 14.9 Å². The van der Waals surface area contributed by atoms with E-state index in [4.69, 9.17) is 9.97 Å². The Morgan fingerprint density at radius 2 is 2.02 bits per heavy atom. The fraction of sp³-hybridized carbons (Fsp3) is 0.531. The summed E-state index contributed by atoms with van der Waals surface area (Å²) in [6, 6.07) is 10.9. The van der Waals surface area contributed by atoms with Gasteiger partial charge in [0, 0.05) is 76.5 Å². The molecule has 1 saturated heterocycles. The van der Waals surface area contributed by atoms with Crippen molar-refractivity contribution in [3.05, 3.63) is 53.7 Å². The topological polar surface area (TPSA) is 109 Å². The zero-order valence-electron chi connectivity index (χ0n) is 25.1. The number of aryl methyl sites for hydroxylation is 1. The van der Waals surface area contributed by atoms with E-state index in [1.807, 2.05) is 6.92 Å². The van der Waals surface area contributed by atoms with E-state index < -0.39 is 0 Å². The third-order valence-electron chi connectivity index (χ3n) is 8.74. The lowest BCUT2D eigenvalue weighted by Gasteiger charge is -2.43. The van der Waals surface area contributed by atoms with Crippen molar-refractivity contribution in [3.63, 3.8) is 0 Å². The van der Waals surface area contributed by atoms with Crippen molar-refractivity contribution in [1.29, 1.82) is 5.26 Å². The number of piperazine rings is 1. The molecular weight excluding hydrogens is 528 g/mol. The predicted molar refractivity (Wildman–Crippen MR) is 164 cm³/mol. The first-order valence-corrected chi connectivity index (χ1v) is 15.0. The van der Waals surface area contributed by atoms with Crippen LogP contribution in [0, 0.1) is 11.3 Å². The smallest absolute Gasteiger partial charge is 0.246 e. The van der Waals surface area contributed by atoms with Gasteiger partial charge in [0.2, 0.25) is 17.8 Å². The van der Waals surface area contributed by atoms with Crippen LogP contribution in [0.4, 0.5) is 17.5 Å². The number of nitrogens with one attached hydrogen (secondary N) is 1. The van der Waals surface area contributed by atoms with E-state index in [0.29, 0.717) is 38.0 Å². The molecule has 1 N–H and O–H groups in total. The Balaban J connectivity index is 1.46. The van der Waals surface area contributed by atoms with Gasteiger partial charge < -0.3 is 24.9 Å². The summed E-state index contributed by atoms with van der Waals surface area (Å²) in [5.41, 5.74) is 4.94. The molecule has 42 heavy (non-hydrogen) atoms. The van der Waals surface area contributed by atoms with Crippen LogP contribution in [0.5, 0.6) is 0 Å². The second-order valence-corrected chi connectivity index (χ2v) is 11.9. The minimum Gasteiger partial charge on any atom is -0.368 e. The molecular formula is C32H42N8O2. The Morgan fingerprint density at radius 1 is 1.21 bits per heavy atom. The van der Waals surface area contributed by atoms with E-state index in [1.165, 1.54) is 17.3 Å². The van der Waals surface area contributed by atoms with Crippen LogP contribution in [0.25, 0.3) is 0 Å². The van der Waals surface area contributed by atoms with Gasteiger partial charge in [0.05, 0.1) is 24.2 Å². The van der Waals surface area contributed by atoms with Crippen LogP contribution in [0.2, 0.25) is 0 Å². The van der Waals surface area contributed by atoms with Gasteiger partial charge in [-0.25, -0.2) is 4.98 Å². The number of rotatable bonds is 8. The Kier molecular flexibility index (Phi) is 8.95. The monoisotopic (exact) mass is 570 g/mol. The molecule has 5 rings (SSSR count). The number of nitriles is 1. The number of anilines is 3. The van der Waals surface area contributed by atoms with Gasteiger partial charge in [0.1, 0.15) is 5.82 Å². The van der Waals surface area contributed by atoms with E-state index in [-0.39, 0.29) is 30.3 Å². The summed E-state index contributed by atoms with van der Waals surface area (Å²) in [5, 5.41) is 12.9. The maximum atomic E-state index is 12.5. The molecule has 10 heteroatoms. The molecule has 0 bridgehead atoms. The van der Waals surface area contributed by atoms with Gasteiger partial charge in [-0.3, -0.25) is 9.59 Å². The molecule has 222 valence electrons. The Morgan fingerprint density at radius 3 is 2.79 bits per heavy atom. The van der Waals surface area contributed by atoms with Gasteiger partial charge in [0.15, 0.2) is 0 Å². The number of fused-ring (bicyclic) bond motifs is 2. The molecule has 0 saturated carbocycles. The molecule has 0 radical (unpaired) electrons. The predicted octanol–water partition coefficient (Wildman–Crippen LogP) is 3.18. The van der Waals surface area contributed by atoms with Crippen molar-refractivity contribution < 1.29 is 9.59 Å². The van der Waals surface area contributed by atoms with Crippen LogP contribution in [0.1, 0.15) is 49.4 Å². The fourth-order valence-electron chi connectivity index (χ4n) is 6.56. The van der Waals surface area contributed by atoms with Gasteiger partial charge in [-0.2, -0.15) is 10.2 Å². The molecule has 2 aromatic rings. The number of carbonyl (C=O) groups excluding carboxylic acids is 2. The van der Waals surface area contributed by atoms with Crippen molar-refractivity contribution in [1.82, 2.24) is 19.8 Å². The van der Waals surface area contributed by atoms with Crippen LogP contribution in [0.3, 0.4) is 0 Å². The summed E-state index contributed by atoms with van der Waals surface area (Å²) in [5.74, 6) is 1.29. The normalized spacial score (nSPS) is 20.6. The highest BCUT2D eigenvalue weighted by molar-refractivity contribution is 5.87. The third-order valence-corrected chi connectivity index (χ3v) is 8.74. The highest BCUT2D eigenvalue weighted by Crippen LogP contribution is 2.36. The van der Waals surface area contributed by atoms with Crippen molar-refractivity contribution in [2.24, 2.45) is 0 Å². The summed E-state index contributed by atoms with van der Waals surface area (Å²) in [6.07, 6.45) is 6.85. The van der Waals surface area contributed by atoms with Gasteiger partial charge >= 0.3 is 0 Å². The van der Waals surface area contributed by atoms with Crippen LogP contribution in [-0.4, -0.2) is 90.0 Å². The number of nitrogens with zero attached hydrogens (tertiary/aromatic N) is 7. The molecule has 1 aliphatic carbocycles. The molecule has 3 unspecified atom stereocenters. The molecule has 2 amide bonds. The lowest BCUT2D eigenvalue weighted by molar-refractivity contribution is -0.129. The van der Waals surface area contributed by atoms with Gasteiger partial charge in [-0.15, -0.1) is 0 Å². The minimum absolute atomic E-state index is 0.0411. The molecule has 2 aliphatic heterocycles. The highest BCUT2D eigenvalue weighted by atomic mass is 16.2. The van der Waals surface area contributed by atoms with E-state index in [0.717, 1.165) is 55.7 Å². The summed E-state index contributed by atoms with van der Waals surface area (Å²) < 4.78 is 0. The molecule has 1 aromatic carbocycles. The summed E-state index contributed by atoms with van der Waals surface area (Å²) >= 11 is 0. The summed E-state index contributed by atoms with van der Waals surface area (Å²) in [6.45, 7) is 8.29. The van der Waals surface area contributed by atoms with E-state index in [1.54, 1.807) is 23.9 Å². The average Bonchev–Trinajstić information content (AvgIpc) is 2.99. The number of para-hydroxylation sites is 1. The van der Waals surface area contributed by atoms with Crippen LogP contribution in [-0.2, 0) is 28.9 Å². The molecule has 3 aliphatic rings. The maximum Gasteiger partial charge on any atom is 0.246 e. The Labute approximate surface area is 249 Å². The SMILES string of the molecule is C=CC(=O)N1CCN(c2nc(NC(C)CC(=O)N(C)C)nc3c2CCC(N2CCCc4ccccc42)C3)CC1CC#N. The maximum absolute atomic E-state index is 12.5. The quantitative estimate of drug-likeness (QED) is 0.482. The Bertz CT molecular complexity index is 1370. The van der Waals surface area contributed by atoms with Crippen LogP contribution >= 0.6 is 0 Å². The van der Waals surface area contributed by atoms with Crippen LogP contribution in [0.15, 0.2) is 36.9 Å². The first-order valence-electron chi connectivity index (χ1n) is 15.0. The van der Waals surface area contributed by atoms with Gasteiger partial charge in [0.25, 0.3) is 0 Å². The third kappa shape index (κ3) is 6.20. The number of amides is 2. The van der Waals surface area contributed by atoms with E-state index in [2.05, 4.69) is 52.0 Å². The second-order valence-electron chi connectivity index (χ2n) is 11.9. The molecule has 3 heterocycles. The zero-order chi connectivity index (χ0) is 29.8.